The second-order valence-electron chi connectivity index (χ2n) is 5.96. The van der Waals surface area contributed by atoms with Crippen molar-refractivity contribution in [3.05, 3.63) is 65.9 Å². The average Bonchev–Trinajstić information content (AvgIpc) is 2.70. The van der Waals surface area contributed by atoms with Gasteiger partial charge in [0.25, 0.3) is 0 Å². The fourth-order valence-corrected chi connectivity index (χ4v) is 2.48. The Morgan fingerprint density at radius 3 is 2.59 bits per heavy atom. The normalized spacial score (nSPS) is 10.3. The number of methoxy groups -OCH3 is 1. The van der Waals surface area contributed by atoms with E-state index in [9.17, 15) is 0 Å². The Morgan fingerprint density at radius 1 is 1.00 bits per heavy atom. The summed E-state index contributed by atoms with van der Waals surface area (Å²) in [5.41, 5.74) is 2.42. The number of aryl methyl sites for hydroxylation is 1. The molecule has 0 atom stereocenters. The van der Waals surface area contributed by atoms with Crippen molar-refractivity contribution in [2.75, 3.05) is 30.9 Å². The van der Waals surface area contributed by atoms with Crippen molar-refractivity contribution in [1.82, 2.24) is 15.2 Å². The largest absolute Gasteiger partial charge is 0.497 e. The summed E-state index contributed by atoms with van der Waals surface area (Å²) in [5, 5.41) is 14.3. The van der Waals surface area contributed by atoms with Crippen molar-refractivity contribution >= 4 is 11.8 Å². The van der Waals surface area contributed by atoms with Gasteiger partial charge in [-0.05, 0) is 36.8 Å². The number of aromatic nitrogens is 3. The Hall–Kier alpha value is -3.35. The zero-order valence-electron chi connectivity index (χ0n) is 15.5. The summed E-state index contributed by atoms with van der Waals surface area (Å²) >= 11 is 0. The van der Waals surface area contributed by atoms with Gasteiger partial charge in [-0.15, -0.1) is 5.10 Å². The zero-order valence-corrected chi connectivity index (χ0v) is 15.5. The van der Waals surface area contributed by atoms with Gasteiger partial charge in [0, 0.05) is 6.54 Å². The molecule has 0 fully saturated rings. The molecule has 1 heterocycles. The van der Waals surface area contributed by atoms with Crippen molar-refractivity contribution in [3.63, 3.8) is 0 Å². The van der Waals surface area contributed by atoms with Crippen molar-refractivity contribution in [2.45, 2.75) is 13.5 Å². The van der Waals surface area contributed by atoms with Crippen LogP contribution in [0, 0.1) is 6.92 Å². The van der Waals surface area contributed by atoms with E-state index in [4.69, 9.17) is 9.47 Å². The van der Waals surface area contributed by atoms with Gasteiger partial charge in [0.1, 0.15) is 18.1 Å². The predicted molar refractivity (Wildman–Crippen MR) is 105 cm³/mol. The van der Waals surface area contributed by atoms with Gasteiger partial charge in [-0.3, -0.25) is 0 Å². The number of hydrogen-bond donors (Lipinski definition) is 2. The Kier molecular flexibility index (Phi) is 6.40. The smallest absolute Gasteiger partial charge is 0.244 e. The van der Waals surface area contributed by atoms with Gasteiger partial charge in [-0.25, -0.2) is 0 Å². The standard InChI is InChI=1S/C20H23N5O2/c1-15-4-3-5-16(12-15)13-22-19-14-23-25-20(24-19)21-10-11-27-18-8-6-17(26-2)7-9-18/h3-9,12,14H,10-11,13H2,1-2H3,(H2,21,22,24,25). The molecule has 2 N–H and O–H groups in total. The molecule has 140 valence electrons. The molecular formula is C20H23N5O2. The molecule has 0 aliphatic rings. The first-order valence-corrected chi connectivity index (χ1v) is 8.73. The van der Waals surface area contributed by atoms with Crippen molar-refractivity contribution in [3.8, 4) is 11.5 Å². The molecule has 27 heavy (non-hydrogen) atoms. The summed E-state index contributed by atoms with van der Waals surface area (Å²) in [6.45, 7) is 3.80. The van der Waals surface area contributed by atoms with Gasteiger partial charge in [0.2, 0.25) is 5.95 Å². The minimum Gasteiger partial charge on any atom is -0.497 e. The number of benzene rings is 2. The van der Waals surface area contributed by atoms with E-state index in [0.717, 1.165) is 11.5 Å². The highest BCUT2D eigenvalue weighted by atomic mass is 16.5. The average molecular weight is 365 g/mol. The highest BCUT2D eigenvalue weighted by Gasteiger charge is 2.01. The Labute approximate surface area is 158 Å². The lowest BCUT2D eigenvalue weighted by atomic mass is 10.1. The highest BCUT2D eigenvalue weighted by molar-refractivity contribution is 5.38. The highest BCUT2D eigenvalue weighted by Crippen LogP contribution is 2.16. The van der Waals surface area contributed by atoms with Crippen LogP contribution in [-0.4, -0.2) is 35.4 Å². The summed E-state index contributed by atoms with van der Waals surface area (Å²) in [6, 6.07) is 15.8. The molecule has 3 rings (SSSR count). The number of hydrogen-bond acceptors (Lipinski definition) is 7. The summed E-state index contributed by atoms with van der Waals surface area (Å²) < 4.78 is 10.8. The first-order chi connectivity index (χ1) is 13.2. The maximum Gasteiger partial charge on any atom is 0.244 e. The first-order valence-electron chi connectivity index (χ1n) is 8.73. The zero-order chi connectivity index (χ0) is 18.9. The third kappa shape index (κ3) is 5.85. The summed E-state index contributed by atoms with van der Waals surface area (Å²) in [5.74, 6) is 2.72. The molecule has 0 spiro atoms. The minimum atomic E-state index is 0.461. The summed E-state index contributed by atoms with van der Waals surface area (Å²) in [7, 11) is 1.64. The van der Waals surface area contributed by atoms with Gasteiger partial charge in [-0.2, -0.15) is 10.1 Å². The number of nitrogens with one attached hydrogen (secondary N) is 2. The van der Waals surface area contributed by atoms with Crippen LogP contribution in [-0.2, 0) is 6.54 Å². The van der Waals surface area contributed by atoms with Crippen LogP contribution in [0.25, 0.3) is 0 Å². The maximum atomic E-state index is 5.66. The molecule has 0 saturated carbocycles. The van der Waals surface area contributed by atoms with Crippen LogP contribution < -0.4 is 20.1 Å². The van der Waals surface area contributed by atoms with Crippen LogP contribution in [0.1, 0.15) is 11.1 Å². The fourth-order valence-electron chi connectivity index (χ4n) is 2.48. The number of ether oxygens (including phenoxy) is 2. The molecule has 0 aliphatic heterocycles. The van der Waals surface area contributed by atoms with Gasteiger partial charge >= 0.3 is 0 Å². The second kappa shape index (κ2) is 9.38. The van der Waals surface area contributed by atoms with E-state index in [1.165, 1.54) is 11.1 Å². The topological polar surface area (TPSA) is 81.2 Å². The lowest BCUT2D eigenvalue weighted by Crippen LogP contribution is -2.14. The van der Waals surface area contributed by atoms with Crippen LogP contribution in [0.5, 0.6) is 11.5 Å². The van der Waals surface area contributed by atoms with Gasteiger partial charge in [-0.1, -0.05) is 29.8 Å². The third-order valence-electron chi connectivity index (χ3n) is 3.83. The lowest BCUT2D eigenvalue weighted by molar-refractivity contribution is 0.331. The quantitative estimate of drug-likeness (QED) is 0.563. The van der Waals surface area contributed by atoms with E-state index in [1.807, 2.05) is 30.3 Å². The summed E-state index contributed by atoms with van der Waals surface area (Å²) in [6.07, 6.45) is 1.61. The van der Waals surface area contributed by atoms with Crippen LogP contribution >= 0.6 is 0 Å². The van der Waals surface area contributed by atoms with Gasteiger partial charge in [0.15, 0.2) is 5.82 Å². The third-order valence-corrected chi connectivity index (χ3v) is 3.83. The van der Waals surface area contributed by atoms with E-state index in [1.54, 1.807) is 13.3 Å². The minimum absolute atomic E-state index is 0.461. The second-order valence-corrected chi connectivity index (χ2v) is 5.96. The molecule has 3 aromatic rings. The molecule has 0 unspecified atom stereocenters. The predicted octanol–water partition coefficient (Wildman–Crippen LogP) is 3.29. The molecule has 0 aliphatic carbocycles. The summed E-state index contributed by atoms with van der Waals surface area (Å²) in [4.78, 5) is 4.41. The molecule has 7 nitrogen and oxygen atoms in total. The first kappa shape index (κ1) is 18.4. The molecule has 2 aromatic carbocycles. The fraction of sp³-hybridized carbons (Fsp3) is 0.250. The van der Waals surface area contributed by atoms with Gasteiger partial charge in [0.05, 0.1) is 19.9 Å². The monoisotopic (exact) mass is 365 g/mol. The Bertz CT molecular complexity index is 855. The van der Waals surface area contributed by atoms with Crippen LogP contribution in [0.4, 0.5) is 11.8 Å². The van der Waals surface area contributed by atoms with Gasteiger partial charge < -0.3 is 20.1 Å². The van der Waals surface area contributed by atoms with Crippen molar-refractivity contribution in [1.29, 1.82) is 0 Å². The van der Waals surface area contributed by atoms with Crippen molar-refractivity contribution < 1.29 is 9.47 Å². The molecular weight excluding hydrogens is 342 g/mol. The Balaban J connectivity index is 1.44. The van der Waals surface area contributed by atoms with Crippen molar-refractivity contribution in [2.24, 2.45) is 0 Å². The van der Waals surface area contributed by atoms with Crippen LogP contribution in [0.15, 0.2) is 54.7 Å². The van der Waals surface area contributed by atoms with E-state index in [2.05, 4.69) is 50.9 Å². The molecule has 7 heteroatoms. The number of nitrogens with zero attached hydrogens (tertiary/aromatic N) is 3. The van der Waals surface area contributed by atoms with E-state index in [-0.39, 0.29) is 0 Å². The molecule has 0 bridgehead atoms. The Morgan fingerprint density at radius 2 is 1.81 bits per heavy atom. The van der Waals surface area contributed by atoms with Crippen LogP contribution in [0.2, 0.25) is 0 Å². The molecule has 0 radical (unpaired) electrons. The SMILES string of the molecule is COc1ccc(OCCNc2nncc(NCc3cccc(C)c3)n2)cc1. The molecule has 0 saturated heterocycles. The van der Waals surface area contributed by atoms with E-state index < -0.39 is 0 Å². The lowest BCUT2D eigenvalue weighted by Gasteiger charge is -2.09. The maximum absolute atomic E-state index is 5.66. The number of rotatable bonds is 9. The molecule has 0 amide bonds. The van der Waals surface area contributed by atoms with E-state index in [0.29, 0.717) is 31.5 Å². The van der Waals surface area contributed by atoms with E-state index >= 15 is 0 Å². The number of anilines is 2. The van der Waals surface area contributed by atoms with Crippen LogP contribution in [0.3, 0.4) is 0 Å². The molecule has 1 aromatic heterocycles.